The Morgan fingerprint density at radius 3 is 2.65 bits per heavy atom. The largest absolute Gasteiger partial charge is 0.399 e. The number of thiazole rings is 1. The van der Waals surface area contributed by atoms with Gasteiger partial charge in [-0.05, 0) is 23.6 Å². The fraction of sp³-hybridized carbons (Fsp3) is 0. The number of anilines is 2. The molecule has 6 heteroatoms. The second-order valence-corrected chi connectivity index (χ2v) is 5.90. The molecular formula is C14H11N3OS2. The summed E-state index contributed by atoms with van der Waals surface area (Å²) in [6.07, 6.45) is 0. The van der Waals surface area contributed by atoms with Crippen molar-refractivity contribution in [2.45, 2.75) is 0 Å². The van der Waals surface area contributed by atoms with Crippen molar-refractivity contribution in [1.29, 1.82) is 0 Å². The highest BCUT2D eigenvalue weighted by molar-refractivity contribution is 7.14. The topological polar surface area (TPSA) is 68.0 Å². The molecule has 0 fully saturated rings. The fourth-order valence-corrected chi connectivity index (χ4v) is 3.02. The average Bonchev–Trinajstić information content (AvgIpc) is 3.10. The predicted octanol–water partition coefficient (Wildman–Crippen LogP) is 3.71. The number of benzene rings is 1. The Morgan fingerprint density at radius 2 is 1.95 bits per heavy atom. The number of carbonyl (C=O) groups excluding carboxylic acids is 1. The SMILES string of the molecule is Nc1ccc(-c2csc(NC(=O)c3cccs3)n2)cc1. The van der Waals surface area contributed by atoms with Crippen molar-refractivity contribution in [2.75, 3.05) is 11.1 Å². The fourth-order valence-electron chi connectivity index (χ4n) is 1.68. The molecule has 3 aromatic rings. The van der Waals surface area contributed by atoms with Gasteiger partial charge in [0.1, 0.15) is 0 Å². The highest BCUT2D eigenvalue weighted by atomic mass is 32.1. The average molecular weight is 301 g/mol. The Bertz CT molecular complexity index is 717. The van der Waals surface area contributed by atoms with Crippen molar-refractivity contribution in [1.82, 2.24) is 4.98 Å². The minimum atomic E-state index is -0.127. The number of hydrogen-bond donors (Lipinski definition) is 2. The van der Waals surface area contributed by atoms with Gasteiger partial charge in [-0.15, -0.1) is 22.7 Å². The van der Waals surface area contributed by atoms with Gasteiger partial charge < -0.3 is 5.73 Å². The molecule has 100 valence electrons. The second kappa shape index (κ2) is 5.44. The molecule has 0 atom stereocenters. The maximum Gasteiger partial charge on any atom is 0.267 e. The molecule has 3 N–H and O–H groups in total. The van der Waals surface area contributed by atoms with E-state index in [9.17, 15) is 4.79 Å². The van der Waals surface area contributed by atoms with Gasteiger partial charge in [-0.3, -0.25) is 10.1 Å². The van der Waals surface area contributed by atoms with Crippen molar-refractivity contribution in [2.24, 2.45) is 0 Å². The summed E-state index contributed by atoms with van der Waals surface area (Å²) in [5.41, 5.74) is 8.18. The van der Waals surface area contributed by atoms with E-state index in [-0.39, 0.29) is 5.91 Å². The number of nitrogens with one attached hydrogen (secondary N) is 1. The summed E-state index contributed by atoms with van der Waals surface area (Å²) in [6, 6.07) is 11.1. The monoisotopic (exact) mass is 301 g/mol. The number of carbonyl (C=O) groups is 1. The standard InChI is InChI=1S/C14H11N3OS2/c15-10-5-3-9(4-6-10)11-8-20-14(16-11)17-13(18)12-2-1-7-19-12/h1-8H,15H2,(H,16,17,18). The summed E-state index contributed by atoms with van der Waals surface area (Å²) in [7, 11) is 0. The number of nitrogens with zero attached hydrogens (tertiary/aromatic N) is 1. The van der Waals surface area contributed by atoms with E-state index in [4.69, 9.17) is 5.73 Å². The van der Waals surface area contributed by atoms with Crippen LogP contribution < -0.4 is 11.1 Å². The van der Waals surface area contributed by atoms with Crippen LogP contribution in [0.5, 0.6) is 0 Å². The lowest BCUT2D eigenvalue weighted by molar-refractivity contribution is 0.103. The zero-order valence-corrected chi connectivity index (χ0v) is 12.0. The molecule has 0 radical (unpaired) electrons. The lowest BCUT2D eigenvalue weighted by Gasteiger charge is -1.99. The van der Waals surface area contributed by atoms with Gasteiger partial charge in [-0.25, -0.2) is 4.98 Å². The number of nitrogens with two attached hydrogens (primary N) is 1. The second-order valence-electron chi connectivity index (χ2n) is 4.09. The Hall–Kier alpha value is -2.18. The van der Waals surface area contributed by atoms with Crippen LogP contribution in [0.3, 0.4) is 0 Å². The zero-order chi connectivity index (χ0) is 13.9. The van der Waals surface area contributed by atoms with Crippen molar-refractivity contribution in [3.63, 3.8) is 0 Å². The summed E-state index contributed by atoms with van der Waals surface area (Å²) in [4.78, 5) is 17.0. The summed E-state index contributed by atoms with van der Waals surface area (Å²) < 4.78 is 0. The van der Waals surface area contributed by atoms with Gasteiger partial charge in [0, 0.05) is 16.6 Å². The van der Waals surface area contributed by atoms with Gasteiger partial charge >= 0.3 is 0 Å². The van der Waals surface area contributed by atoms with Crippen molar-refractivity contribution < 1.29 is 4.79 Å². The van der Waals surface area contributed by atoms with Gasteiger partial charge in [0.2, 0.25) is 0 Å². The lowest BCUT2D eigenvalue weighted by atomic mass is 10.1. The third kappa shape index (κ3) is 2.71. The van der Waals surface area contributed by atoms with Crippen LogP contribution in [0.2, 0.25) is 0 Å². The van der Waals surface area contributed by atoms with Gasteiger partial charge in [-0.2, -0.15) is 0 Å². The number of hydrogen-bond acceptors (Lipinski definition) is 5. The molecule has 0 bridgehead atoms. The van der Waals surface area contributed by atoms with E-state index in [0.29, 0.717) is 10.0 Å². The molecule has 0 saturated heterocycles. The molecule has 3 rings (SSSR count). The summed E-state index contributed by atoms with van der Waals surface area (Å²) in [6.45, 7) is 0. The molecule has 1 aromatic carbocycles. The van der Waals surface area contributed by atoms with E-state index >= 15 is 0 Å². The molecule has 1 amide bonds. The number of nitrogen functional groups attached to an aromatic ring is 1. The van der Waals surface area contributed by atoms with Crippen LogP contribution in [-0.2, 0) is 0 Å². The van der Waals surface area contributed by atoms with E-state index in [1.165, 1.54) is 22.7 Å². The van der Waals surface area contributed by atoms with Gasteiger partial charge in [0.05, 0.1) is 10.6 Å². The smallest absolute Gasteiger partial charge is 0.267 e. The molecule has 0 spiro atoms. The van der Waals surface area contributed by atoms with Crippen LogP contribution >= 0.6 is 22.7 Å². The Labute approximate surface area is 123 Å². The van der Waals surface area contributed by atoms with Crippen LogP contribution in [0, 0.1) is 0 Å². The van der Waals surface area contributed by atoms with Crippen LogP contribution in [-0.4, -0.2) is 10.9 Å². The zero-order valence-electron chi connectivity index (χ0n) is 10.4. The predicted molar refractivity (Wildman–Crippen MR) is 84.2 cm³/mol. The van der Waals surface area contributed by atoms with E-state index in [1.54, 1.807) is 6.07 Å². The van der Waals surface area contributed by atoms with E-state index in [0.717, 1.165) is 16.9 Å². The Morgan fingerprint density at radius 1 is 1.15 bits per heavy atom. The van der Waals surface area contributed by atoms with E-state index in [1.807, 2.05) is 41.1 Å². The Kier molecular flexibility index (Phi) is 3.49. The third-order valence-corrected chi connectivity index (χ3v) is 4.30. The minimum absolute atomic E-state index is 0.127. The van der Waals surface area contributed by atoms with Crippen LogP contribution in [0.1, 0.15) is 9.67 Å². The quantitative estimate of drug-likeness (QED) is 0.725. The molecule has 4 nitrogen and oxygen atoms in total. The first-order valence-electron chi connectivity index (χ1n) is 5.89. The van der Waals surface area contributed by atoms with Gasteiger partial charge in [0.15, 0.2) is 5.13 Å². The molecule has 2 aromatic heterocycles. The normalized spacial score (nSPS) is 10.4. The first kappa shape index (κ1) is 12.8. The molecule has 0 aliphatic rings. The minimum Gasteiger partial charge on any atom is -0.399 e. The van der Waals surface area contributed by atoms with Crippen LogP contribution in [0.15, 0.2) is 47.2 Å². The number of aromatic nitrogens is 1. The Balaban J connectivity index is 1.77. The molecule has 0 unspecified atom stereocenters. The molecular weight excluding hydrogens is 290 g/mol. The number of thiophene rings is 1. The highest BCUT2D eigenvalue weighted by Crippen LogP contribution is 2.26. The summed E-state index contributed by atoms with van der Waals surface area (Å²) in [5.74, 6) is -0.127. The molecule has 0 saturated carbocycles. The maximum atomic E-state index is 11.9. The van der Waals surface area contributed by atoms with Gasteiger partial charge in [-0.1, -0.05) is 18.2 Å². The number of amides is 1. The maximum absolute atomic E-state index is 11.9. The summed E-state index contributed by atoms with van der Waals surface area (Å²) >= 11 is 2.81. The van der Waals surface area contributed by atoms with Crippen LogP contribution in [0.25, 0.3) is 11.3 Å². The van der Waals surface area contributed by atoms with Crippen molar-refractivity contribution >= 4 is 39.4 Å². The van der Waals surface area contributed by atoms with Crippen molar-refractivity contribution in [3.8, 4) is 11.3 Å². The van der Waals surface area contributed by atoms with Crippen LogP contribution in [0.4, 0.5) is 10.8 Å². The number of rotatable bonds is 3. The molecule has 0 aliphatic carbocycles. The van der Waals surface area contributed by atoms with E-state index in [2.05, 4.69) is 10.3 Å². The van der Waals surface area contributed by atoms with Gasteiger partial charge in [0.25, 0.3) is 5.91 Å². The van der Waals surface area contributed by atoms with E-state index < -0.39 is 0 Å². The van der Waals surface area contributed by atoms with Crippen molar-refractivity contribution in [3.05, 3.63) is 52.0 Å². The molecule has 0 aliphatic heterocycles. The highest BCUT2D eigenvalue weighted by Gasteiger charge is 2.10. The lowest BCUT2D eigenvalue weighted by Crippen LogP contribution is -2.09. The summed E-state index contributed by atoms with van der Waals surface area (Å²) in [5, 5.41) is 7.18. The molecule has 20 heavy (non-hydrogen) atoms. The molecule has 2 heterocycles. The first-order chi connectivity index (χ1) is 9.72. The third-order valence-electron chi connectivity index (χ3n) is 2.68. The first-order valence-corrected chi connectivity index (χ1v) is 7.64.